The number of carbonyl (C=O) groups excluding carboxylic acids is 1. The second-order valence-corrected chi connectivity index (χ2v) is 8.65. The molecule has 1 aliphatic carbocycles. The van der Waals surface area contributed by atoms with Crippen LogP contribution in [0.3, 0.4) is 0 Å². The molecule has 8 nitrogen and oxygen atoms in total. The molecule has 2 aromatic heterocycles. The summed E-state index contributed by atoms with van der Waals surface area (Å²) in [6.07, 6.45) is 3.98. The molecule has 1 aliphatic heterocycles. The average Bonchev–Trinajstić information content (AvgIpc) is 3.16. The summed E-state index contributed by atoms with van der Waals surface area (Å²) in [7, 11) is 0. The number of hydrogen-bond acceptors (Lipinski definition) is 7. The second kappa shape index (κ2) is 6.37. The second-order valence-electron chi connectivity index (χ2n) is 8.65. The number of fused-ring (bicyclic) bond motifs is 1. The summed E-state index contributed by atoms with van der Waals surface area (Å²) in [5.41, 5.74) is 7.27. The van der Waals surface area contributed by atoms with E-state index in [9.17, 15) is 4.79 Å². The van der Waals surface area contributed by atoms with Crippen molar-refractivity contribution in [3.05, 3.63) is 24.2 Å². The average molecular weight is 374 g/mol. The molecule has 0 amide bonds. The molecule has 146 valence electrons. The Bertz CT molecular complexity index is 857. The molecular formula is C19H26N4O4. The fraction of sp³-hybridized carbons (Fsp3) is 0.632. The van der Waals surface area contributed by atoms with Crippen LogP contribution in [0.25, 0.3) is 5.52 Å². The first kappa shape index (κ1) is 18.0. The molecule has 3 heterocycles. The first-order chi connectivity index (χ1) is 12.7. The Balaban J connectivity index is 1.34. The summed E-state index contributed by atoms with van der Waals surface area (Å²) in [6.45, 7) is 6.44. The van der Waals surface area contributed by atoms with Crippen LogP contribution in [0.1, 0.15) is 58.3 Å². The van der Waals surface area contributed by atoms with E-state index in [4.69, 9.17) is 19.9 Å². The molecule has 4 rings (SSSR count). The maximum atomic E-state index is 11.9. The van der Waals surface area contributed by atoms with E-state index in [0.29, 0.717) is 5.82 Å². The number of nitrogen functional groups attached to an aromatic ring is 1. The quantitative estimate of drug-likeness (QED) is 0.820. The van der Waals surface area contributed by atoms with Crippen molar-refractivity contribution in [1.29, 1.82) is 0 Å². The summed E-state index contributed by atoms with van der Waals surface area (Å²) < 4.78 is 18.7. The highest BCUT2D eigenvalue weighted by atomic mass is 16.7. The molecule has 2 atom stereocenters. The monoisotopic (exact) mass is 374 g/mol. The molecular weight excluding hydrogens is 348 g/mol. The number of nitrogens with two attached hydrogens (primary N) is 1. The molecule has 27 heavy (non-hydrogen) atoms. The largest absolute Gasteiger partial charge is 0.508 e. The molecule has 1 saturated carbocycles. The molecule has 2 aromatic rings. The van der Waals surface area contributed by atoms with Crippen LogP contribution in [-0.2, 0) is 14.2 Å². The summed E-state index contributed by atoms with van der Waals surface area (Å²) >= 11 is 0. The lowest BCUT2D eigenvalue weighted by Crippen LogP contribution is -2.40. The minimum atomic E-state index is -0.613. The van der Waals surface area contributed by atoms with Gasteiger partial charge in [-0.25, -0.2) is 14.3 Å². The van der Waals surface area contributed by atoms with Crippen molar-refractivity contribution >= 4 is 17.5 Å². The predicted octanol–water partition coefficient (Wildman–Crippen LogP) is 3.26. The Morgan fingerprint density at radius 1 is 1.37 bits per heavy atom. The number of carbonyl (C=O) groups is 1. The van der Waals surface area contributed by atoms with Gasteiger partial charge in [0.05, 0.1) is 5.69 Å². The molecule has 0 bridgehead atoms. The third-order valence-electron chi connectivity index (χ3n) is 5.52. The maximum Gasteiger partial charge on any atom is 0.508 e. The lowest BCUT2D eigenvalue weighted by molar-refractivity contribution is -0.0946. The van der Waals surface area contributed by atoms with Crippen molar-refractivity contribution in [1.82, 2.24) is 14.6 Å². The molecule has 8 heteroatoms. The SMILES string of the molecule is CC1(C)CC(OC(=O)OC[C@]2(C)CC[C@H](c3ccc4c(N)ncnn34)O2)C1. The molecule has 2 N–H and O–H groups in total. The maximum absolute atomic E-state index is 11.9. The van der Waals surface area contributed by atoms with Crippen molar-refractivity contribution < 1.29 is 19.0 Å². The van der Waals surface area contributed by atoms with E-state index in [1.165, 1.54) is 6.33 Å². The van der Waals surface area contributed by atoms with Crippen LogP contribution in [0, 0.1) is 5.41 Å². The van der Waals surface area contributed by atoms with Gasteiger partial charge in [0.25, 0.3) is 0 Å². The van der Waals surface area contributed by atoms with Crippen LogP contribution in [0.2, 0.25) is 0 Å². The number of aromatic nitrogens is 3. The van der Waals surface area contributed by atoms with Crippen LogP contribution in [0.5, 0.6) is 0 Å². The van der Waals surface area contributed by atoms with Gasteiger partial charge in [0.15, 0.2) is 5.82 Å². The van der Waals surface area contributed by atoms with Gasteiger partial charge < -0.3 is 19.9 Å². The highest BCUT2D eigenvalue weighted by molar-refractivity contribution is 5.65. The molecule has 0 spiro atoms. The number of nitrogens with zero attached hydrogens (tertiary/aromatic N) is 3. The van der Waals surface area contributed by atoms with Crippen LogP contribution in [0.4, 0.5) is 10.6 Å². The summed E-state index contributed by atoms with van der Waals surface area (Å²) in [5.74, 6) is 0.433. The van der Waals surface area contributed by atoms with Gasteiger partial charge >= 0.3 is 6.16 Å². The van der Waals surface area contributed by atoms with Gasteiger partial charge in [0.1, 0.15) is 36.3 Å². The van der Waals surface area contributed by atoms with Gasteiger partial charge in [-0.2, -0.15) is 5.10 Å². The third kappa shape index (κ3) is 3.58. The zero-order valence-corrected chi connectivity index (χ0v) is 16.0. The van der Waals surface area contributed by atoms with Gasteiger partial charge in [-0.05, 0) is 50.2 Å². The van der Waals surface area contributed by atoms with Crippen LogP contribution >= 0.6 is 0 Å². The van der Waals surface area contributed by atoms with Gasteiger partial charge in [0, 0.05) is 0 Å². The topological polar surface area (TPSA) is 101 Å². The third-order valence-corrected chi connectivity index (χ3v) is 5.52. The Kier molecular flexibility index (Phi) is 4.25. The molecule has 2 fully saturated rings. The summed E-state index contributed by atoms with van der Waals surface area (Å²) in [4.78, 5) is 15.9. The number of hydrogen-bond donors (Lipinski definition) is 1. The van der Waals surface area contributed by atoms with Crippen LogP contribution in [0.15, 0.2) is 18.5 Å². The van der Waals surface area contributed by atoms with E-state index in [0.717, 1.165) is 36.9 Å². The van der Waals surface area contributed by atoms with Crippen molar-refractivity contribution in [3.8, 4) is 0 Å². The Hall–Kier alpha value is -2.35. The first-order valence-electron chi connectivity index (χ1n) is 9.34. The van der Waals surface area contributed by atoms with E-state index in [1.54, 1.807) is 4.52 Å². The van der Waals surface area contributed by atoms with Crippen molar-refractivity contribution in [2.75, 3.05) is 12.3 Å². The summed E-state index contributed by atoms with van der Waals surface area (Å²) in [6, 6.07) is 3.84. The number of rotatable bonds is 4. The molecule has 0 unspecified atom stereocenters. The Labute approximate surface area is 158 Å². The lowest BCUT2D eigenvalue weighted by Gasteiger charge is -2.41. The molecule has 0 aromatic carbocycles. The standard InChI is InChI=1S/C19H26N4O4/c1-18(2)8-12(9-18)26-17(24)25-10-19(3)7-6-15(27-19)13-4-5-14-16(20)21-11-22-23(13)14/h4-5,11-12,15H,6-10H2,1-3H3,(H2,20,21,22)/t15-,19+/m1/s1. The smallest absolute Gasteiger partial charge is 0.431 e. The predicted molar refractivity (Wildman–Crippen MR) is 98.1 cm³/mol. The zero-order valence-electron chi connectivity index (χ0n) is 16.0. The van der Waals surface area contributed by atoms with Crippen molar-refractivity contribution in [3.63, 3.8) is 0 Å². The van der Waals surface area contributed by atoms with E-state index in [2.05, 4.69) is 23.9 Å². The van der Waals surface area contributed by atoms with Gasteiger partial charge in [0.2, 0.25) is 0 Å². The van der Waals surface area contributed by atoms with Gasteiger partial charge in [-0.3, -0.25) is 0 Å². The Morgan fingerprint density at radius 2 is 2.15 bits per heavy atom. The number of ether oxygens (including phenoxy) is 3. The van der Waals surface area contributed by atoms with Crippen molar-refractivity contribution in [2.24, 2.45) is 5.41 Å². The molecule has 0 radical (unpaired) electrons. The fourth-order valence-corrected chi connectivity index (χ4v) is 4.07. The summed E-state index contributed by atoms with van der Waals surface area (Å²) in [5, 5.41) is 4.27. The van der Waals surface area contributed by atoms with Gasteiger partial charge in [-0.15, -0.1) is 0 Å². The first-order valence-corrected chi connectivity index (χ1v) is 9.34. The number of anilines is 1. The van der Waals surface area contributed by atoms with Gasteiger partial charge in [-0.1, -0.05) is 13.8 Å². The highest BCUT2D eigenvalue weighted by Crippen LogP contribution is 2.42. The van der Waals surface area contributed by atoms with Crippen LogP contribution in [-0.4, -0.2) is 39.1 Å². The minimum Gasteiger partial charge on any atom is -0.431 e. The van der Waals surface area contributed by atoms with Crippen LogP contribution < -0.4 is 5.73 Å². The van der Waals surface area contributed by atoms with E-state index >= 15 is 0 Å². The van der Waals surface area contributed by atoms with E-state index in [-0.39, 0.29) is 24.2 Å². The minimum absolute atomic E-state index is 0.0326. The molecule has 1 saturated heterocycles. The van der Waals surface area contributed by atoms with Crippen molar-refractivity contribution in [2.45, 2.75) is 64.3 Å². The highest BCUT2D eigenvalue weighted by Gasteiger charge is 2.41. The fourth-order valence-electron chi connectivity index (χ4n) is 4.07. The normalized spacial score (nSPS) is 27.4. The Morgan fingerprint density at radius 3 is 2.89 bits per heavy atom. The zero-order chi connectivity index (χ0) is 19.2. The lowest BCUT2D eigenvalue weighted by atomic mass is 9.70. The molecule has 2 aliphatic rings. The van der Waals surface area contributed by atoms with E-state index in [1.807, 2.05) is 19.1 Å². The van der Waals surface area contributed by atoms with E-state index < -0.39 is 11.8 Å².